The van der Waals surface area contributed by atoms with E-state index in [4.69, 9.17) is 9.47 Å². The van der Waals surface area contributed by atoms with Crippen molar-refractivity contribution in [2.75, 3.05) is 0 Å². The molecule has 2 heteroatoms. The second-order valence-electron chi connectivity index (χ2n) is 4.93. The molecule has 0 aromatic rings. The van der Waals surface area contributed by atoms with Crippen LogP contribution in [0.1, 0.15) is 51.9 Å². The number of ether oxygens (including phenoxy) is 2. The van der Waals surface area contributed by atoms with Crippen LogP contribution in [0.15, 0.2) is 25.2 Å². The van der Waals surface area contributed by atoms with Crippen LogP contribution in [0.4, 0.5) is 0 Å². The molecule has 0 N–H and O–H groups in total. The second kappa shape index (κ2) is 4.52. The Morgan fingerprint density at radius 1 is 1.19 bits per heavy atom. The van der Waals surface area contributed by atoms with Gasteiger partial charge < -0.3 is 9.47 Å². The molecule has 1 aliphatic heterocycles. The van der Waals surface area contributed by atoms with E-state index in [2.05, 4.69) is 13.5 Å². The summed E-state index contributed by atoms with van der Waals surface area (Å²) in [5.74, 6) is -0.428. The van der Waals surface area contributed by atoms with Crippen LogP contribution in [0.5, 0.6) is 0 Å². The van der Waals surface area contributed by atoms with Crippen LogP contribution in [-0.2, 0) is 9.47 Å². The summed E-state index contributed by atoms with van der Waals surface area (Å²) >= 11 is 0. The van der Waals surface area contributed by atoms with E-state index in [0.717, 1.165) is 19.3 Å². The average molecular weight is 222 g/mol. The monoisotopic (exact) mass is 222 g/mol. The van der Waals surface area contributed by atoms with Gasteiger partial charge in [0.25, 0.3) is 5.79 Å². The molecular weight excluding hydrogens is 200 g/mol. The summed E-state index contributed by atoms with van der Waals surface area (Å²) in [4.78, 5) is 0. The first-order chi connectivity index (χ1) is 7.79. The highest BCUT2D eigenvalue weighted by Gasteiger charge is 2.61. The van der Waals surface area contributed by atoms with Gasteiger partial charge in [0.05, 0.1) is 5.41 Å². The minimum atomic E-state index is -0.428. The molecule has 0 radical (unpaired) electrons. The van der Waals surface area contributed by atoms with E-state index in [0.29, 0.717) is 0 Å². The molecule has 1 fully saturated rings. The third-order valence-corrected chi connectivity index (χ3v) is 3.87. The number of rotatable bonds is 7. The smallest absolute Gasteiger partial charge is 0.258 e. The molecule has 1 heterocycles. The van der Waals surface area contributed by atoms with E-state index in [9.17, 15) is 0 Å². The van der Waals surface area contributed by atoms with Crippen molar-refractivity contribution in [3.8, 4) is 0 Å². The Morgan fingerprint density at radius 3 is 2.38 bits per heavy atom. The zero-order valence-electron chi connectivity index (χ0n) is 10.2. The normalized spacial score (nSPS) is 23.6. The minimum absolute atomic E-state index is 0.0721. The molecule has 0 unspecified atom stereocenters. The van der Waals surface area contributed by atoms with Crippen molar-refractivity contribution in [1.82, 2.24) is 0 Å². The maximum absolute atomic E-state index is 5.76. The van der Waals surface area contributed by atoms with Crippen molar-refractivity contribution in [3.05, 3.63) is 25.2 Å². The minimum Gasteiger partial charge on any atom is -0.456 e. The van der Waals surface area contributed by atoms with Crippen LogP contribution in [0.3, 0.4) is 0 Å². The molecule has 2 rings (SSSR count). The molecule has 16 heavy (non-hydrogen) atoms. The van der Waals surface area contributed by atoms with Crippen LogP contribution in [0, 0.1) is 5.41 Å². The van der Waals surface area contributed by atoms with Gasteiger partial charge in [0.1, 0.15) is 12.5 Å². The molecule has 0 atom stereocenters. The van der Waals surface area contributed by atoms with Crippen molar-refractivity contribution in [2.45, 2.75) is 57.7 Å². The molecule has 90 valence electrons. The molecule has 0 aromatic heterocycles. The van der Waals surface area contributed by atoms with E-state index in [1.54, 1.807) is 12.5 Å². The quantitative estimate of drug-likeness (QED) is 0.476. The molecule has 0 spiro atoms. The molecule has 0 aromatic carbocycles. The van der Waals surface area contributed by atoms with Gasteiger partial charge >= 0.3 is 0 Å². The highest BCUT2D eigenvalue weighted by molar-refractivity contribution is 5.16. The first-order valence-electron chi connectivity index (χ1n) is 6.43. The van der Waals surface area contributed by atoms with Crippen molar-refractivity contribution in [1.29, 1.82) is 0 Å². The van der Waals surface area contributed by atoms with Crippen LogP contribution in [0.25, 0.3) is 0 Å². The molecule has 1 saturated carbocycles. The van der Waals surface area contributed by atoms with Gasteiger partial charge in [-0.2, -0.15) is 0 Å². The van der Waals surface area contributed by atoms with Gasteiger partial charge in [-0.05, 0) is 19.3 Å². The van der Waals surface area contributed by atoms with Gasteiger partial charge in [-0.25, -0.2) is 0 Å². The zero-order chi connectivity index (χ0) is 11.5. The molecule has 0 bridgehead atoms. The fourth-order valence-corrected chi connectivity index (χ4v) is 2.56. The Kier molecular flexibility index (Phi) is 3.27. The Labute approximate surface area is 98.3 Å². The van der Waals surface area contributed by atoms with Gasteiger partial charge in [-0.15, -0.1) is 6.58 Å². The van der Waals surface area contributed by atoms with E-state index in [1.807, 2.05) is 6.08 Å². The van der Waals surface area contributed by atoms with Gasteiger partial charge in [-0.1, -0.05) is 32.3 Å². The fraction of sp³-hybridized carbons (Fsp3) is 0.714. The maximum atomic E-state index is 5.76. The summed E-state index contributed by atoms with van der Waals surface area (Å²) in [6.07, 6.45) is 13.7. The zero-order valence-corrected chi connectivity index (χ0v) is 10.2. The van der Waals surface area contributed by atoms with Crippen LogP contribution < -0.4 is 0 Å². The number of unbranched alkanes of at least 4 members (excludes halogenated alkanes) is 3. The Morgan fingerprint density at radius 2 is 1.88 bits per heavy atom. The molecule has 0 amide bonds. The molecule has 1 aliphatic carbocycles. The summed E-state index contributed by atoms with van der Waals surface area (Å²) in [5.41, 5.74) is 0.0721. The predicted molar refractivity (Wildman–Crippen MR) is 64.7 cm³/mol. The van der Waals surface area contributed by atoms with E-state index in [1.165, 1.54) is 25.7 Å². The summed E-state index contributed by atoms with van der Waals surface area (Å²) < 4.78 is 11.5. The molecule has 2 nitrogen and oxygen atoms in total. The van der Waals surface area contributed by atoms with Gasteiger partial charge in [-0.3, -0.25) is 0 Å². The third-order valence-electron chi connectivity index (χ3n) is 3.87. The van der Waals surface area contributed by atoms with Gasteiger partial charge in [0.15, 0.2) is 0 Å². The highest BCUT2D eigenvalue weighted by Crippen LogP contribution is 2.60. The highest BCUT2D eigenvalue weighted by atomic mass is 16.7. The molecule has 0 saturated heterocycles. The predicted octanol–water partition coefficient (Wildman–Crippen LogP) is 4.14. The standard InChI is InChI=1S/C14H22O2/c1-3-5-6-7-8-14(15-11-12-16-14)13(4-2)9-10-13/h4,11-12H,2-3,5-10H2,1H3. The molecule has 2 aliphatic rings. The number of hydrogen-bond acceptors (Lipinski definition) is 2. The topological polar surface area (TPSA) is 18.5 Å². The fourth-order valence-electron chi connectivity index (χ4n) is 2.56. The van der Waals surface area contributed by atoms with Crippen LogP contribution in [0.2, 0.25) is 0 Å². The first-order valence-corrected chi connectivity index (χ1v) is 6.43. The largest absolute Gasteiger partial charge is 0.456 e. The maximum Gasteiger partial charge on any atom is 0.258 e. The lowest BCUT2D eigenvalue weighted by Gasteiger charge is -2.34. The molecular formula is C14H22O2. The average Bonchev–Trinajstić information content (AvgIpc) is 2.98. The summed E-state index contributed by atoms with van der Waals surface area (Å²) in [5, 5.41) is 0. The summed E-state index contributed by atoms with van der Waals surface area (Å²) in [6.45, 7) is 6.17. The summed E-state index contributed by atoms with van der Waals surface area (Å²) in [6, 6.07) is 0. The third kappa shape index (κ3) is 1.85. The second-order valence-corrected chi connectivity index (χ2v) is 4.93. The van der Waals surface area contributed by atoms with Crippen molar-refractivity contribution in [3.63, 3.8) is 0 Å². The Hall–Kier alpha value is -0.920. The van der Waals surface area contributed by atoms with E-state index in [-0.39, 0.29) is 5.41 Å². The van der Waals surface area contributed by atoms with Crippen LogP contribution >= 0.6 is 0 Å². The van der Waals surface area contributed by atoms with Crippen molar-refractivity contribution < 1.29 is 9.47 Å². The first kappa shape index (κ1) is 11.6. The lowest BCUT2D eigenvalue weighted by molar-refractivity contribution is -0.185. The summed E-state index contributed by atoms with van der Waals surface area (Å²) in [7, 11) is 0. The SMILES string of the molecule is C=CC1(C2(CCCCCC)OC=CO2)CC1. The lowest BCUT2D eigenvalue weighted by atomic mass is 9.90. The van der Waals surface area contributed by atoms with Crippen molar-refractivity contribution >= 4 is 0 Å². The lowest BCUT2D eigenvalue weighted by Crippen LogP contribution is -2.39. The van der Waals surface area contributed by atoms with E-state index < -0.39 is 5.79 Å². The van der Waals surface area contributed by atoms with E-state index >= 15 is 0 Å². The number of hydrogen-bond donors (Lipinski definition) is 0. The van der Waals surface area contributed by atoms with Gasteiger partial charge in [0, 0.05) is 6.42 Å². The Balaban J connectivity index is 1.92. The Bertz CT molecular complexity index is 268. The van der Waals surface area contributed by atoms with Gasteiger partial charge in [0.2, 0.25) is 0 Å². The van der Waals surface area contributed by atoms with Crippen LogP contribution in [-0.4, -0.2) is 5.79 Å². The van der Waals surface area contributed by atoms with Crippen molar-refractivity contribution in [2.24, 2.45) is 5.41 Å².